The molecule has 23 heavy (non-hydrogen) atoms. The van der Waals surface area contributed by atoms with Gasteiger partial charge in [-0.15, -0.1) is 23.2 Å². The molecule has 1 N–H and O–H groups in total. The quantitative estimate of drug-likeness (QED) is 0.627. The largest absolute Gasteiger partial charge is 0.465 e. The fourth-order valence-corrected chi connectivity index (χ4v) is 3.98. The number of halogens is 2. The lowest BCUT2D eigenvalue weighted by atomic mass is 10.2. The van der Waals surface area contributed by atoms with Crippen LogP contribution in [0.15, 0.2) is 34.2 Å². The molecule has 0 unspecified atom stereocenters. The first kappa shape index (κ1) is 16.5. The second-order valence-corrected chi connectivity index (χ2v) is 8.62. The highest BCUT2D eigenvalue weighted by Crippen LogP contribution is 2.53. The van der Waals surface area contributed by atoms with E-state index in [2.05, 4.69) is 9.71 Å². The SMILES string of the molecule is O=C(CCN=C1NS(=O)(=O)c2ccccc21)OC[C@@H]1CC1(Cl)Cl. The van der Waals surface area contributed by atoms with Crippen molar-refractivity contribution in [3.8, 4) is 0 Å². The van der Waals surface area contributed by atoms with Gasteiger partial charge in [0.25, 0.3) is 10.0 Å². The number of alkyl halides is 2. The van der Waals surface area contributed by atoms with Gasteiger partial charge in [-0.3, -0.25) is 14.5 Å². The third-order valence-electron chi connectivity index (χ3n) is 3.65. The molecule has 6 nitrogen and oxygen atoms in total. The number of carbonyl (C=O) groups excluding carboxylic acids is 1. The number of rotatable bonds is 5. The van der Waals surface area contributed by atoms with Gasteiger partial charge in [-0.1, -0.05) is 12.1 Å². The number of nitrogens with zero attached hydrogens (tertiary/aromatic N) is 1. The number of carbonyl (C=O) groups is 1. The Morgan fingerprint density at radius 2 is 2.09 bits per heavy atom. The number of aliphatic imine (C=N–C) groups is 1. The molecule has 9 heteroatoms. The van der Waals surface area contributed by atoms with E-state index < -0.39 is 20.3 Å². The second kappa shape index (κ2) is 5.96. The molecule has 124 valence electrons. The Balaban J connectivity index is 1.54. The van der Waals surface area contributed by atoms with E-state index in [9.17, 15) is 13.2 Å². The van der Waals surface area contributed by atoms with E-state index in [0.717, 1.165) is 0 Å². The van der Waals surface area contributed by atoms with Crippen molar-refractivity contribution in [2.24, 2.45) is 10.9 Å². The van der Waals surface area contributed by atoms with Crippen LogP contribution in [0.1, 0.15) is 18.4 Å². The molecule has 1 saturated carbocycles. The third kappa shape index (κ3) is 3.62. The Bertz CT molecular complexity index is 777. The number of hydrogen-bond acceptors (Lipinski definition) is 5. The molecule has 1 atom stereocenters. The highest BCUT2D eigenvalue weighted by atomic mass is 35.5. The van der Waals surface area contributed by atoms with Crippen molar-refractivity contribution < 1.29 is 17.9 Å². The summed E-state index contributed by atoms with van der Waals surface area (Å²) >= 11 is 11.7. The number of fused-ring (bicyclic) bond motifs is 1. The van der Waals surface area contributed by atoms with Crippen LogP contribution in [-0.4, -0.2) is 37.7 Å². The molecule has 0 radical (unpaired) electrons. The molecule has 1 aromatic rings. The third-order valence-corrected chi connectivity index (χ3v) is 5.97. The van der Waals surface area contributed by atoms with Gasteiger partial charge in [0.05, 0.1) is 24.5 Å². The molecule has 0 saturated heterocycles. The first-order valence-corrected chi connectivity index (χ1v) is 9.24. The number of ether oxygens (including phenoxy) is 1. The molecular weight excluding hydrogens is 363 g/mol. The van der Waals surface area contributed by atoms with Crippen molar-refractivity contribution in [3.63, 3.8) is 0 Å². The Morgan fingerprint density at radius 1 is 1.39 bits per heavy atom. The van der Waals surface area contributed by atoms with Gasteiger partial charge in [0, 0.05) is 11.5 Å². The molecule has 1 aliphatic heterocycles. The maximum absolute atomic E-state index is 11.9. The average Bonchev–Trinajstić information content (AvgIpc) is 3.02. The summed E-state index contributed by atoms with van der Waals surface area (Å²) in [6, 6.07) is 6.54. The van der Waals surface area contributed by atoms with E-state index in [-0.39, 0.29) is 36.2 Å². The molecule has 1 fully saturated rings. The van der Waals surface area contributed by atoms with Gasteiger partial charge in [-0.25, -0.2) is 8.42 Å². The van der Waals surface area contributed by atoms with Gasteiger partial charge in [0.2, 0.25) is 0 Å². The van der Waals surface area contributed by atoms with Gasteiger partial charge in [-0.2, -0.15) is 0 Å². The molecule has 1 heterocycles. The number of amidine groups is 1. The molecule has 2 aliphatic rings. The van der Waals surface area contributed by atoms with E-state index in [1.165, 1.54) is 6.07 Å². The van der Waals surface area contributed by atoms with E-state index >= 15 is 0 Å². The lowest BCUT2D eigenvalue weighted by Crippen LogP contribution is -2.22. The number of sulfonamides is 1. The summed E-state index contributed by atoms with van der Waals surface area (Å²) in [7, 11) is -3.56. The minimum atomic E-state index is -3.56. The van der Waals surface area contributed by atoms with Crippen molar-refractivity contribution >= 4 is 45.0 Å². The Morgan fingerprint density at radius 3 is 2.78 bits per heavy atom. The van der Waals surface area contributed by atoms with Crippen molar-refractivity contribution in [2.75, 3.05) is 13.2 Å². The molecule has 0 bridgehead atoms. The molecule has 0 amide bonds. The zero-order chi connectivity index (χ0) is 16.7. The molecule has 0 aromatic heterocycles. The summed E-state index contributed by atoms with van der Waals surface area (Å²) in [6.45, 7) is 0.320. The number of esters is 1. The Kier molecular flexibility index (Phi) is 4.29. The van der Waals surface area contributed by atoms with Crippen LogP contribution < -0.4 is 4.72 Å². The first-order valence-electron chi connectivity index (χ1n) is 7.00. The molecule has 1 aliphatic carbocycles. The Labute approximate surface area is 143 Å². The normalized spacial score (nSPS) is 24.8. The molecule has 3 rings (SSSR count). The van der Waals surface area contributed by atoms with Crippen molar-refractivity contribution in [1.29, 1.82) is 0 Å². The van der Waals surface area contributed by atoms with E-state index in [4.69, 9.17) is 27.9 Å². The highest BCUT2D eigenvalue weighted by molar-refractivity contribution is 7.90. The lowest BCUT2D eigenvalue weighted by molar-refractivity contribution is -0.143. The standard InChI is InChI=1S/C14H14Cl2N2O4S/c15-14(16)7-9(14)8-22-12(19)5-6-17-13-10-3-1-2-4-11(10)23(20,21)18-13/h1-4,9H,5-8H2,(H,17,18)/t9-/m0/s1. The second-order valence-electron chi connectivity index (χ2n) is 5.43. The van der Waals surface area contributed by atoms with Crippen LogP contribution in [0, 0.1) is 5.92 Å². The zero-order valence-corrected chi connectivity index (χ0v) is 14.3. The van der Waals surface area contributed by atoms with Gasteiger partial charge in [0.15, 0.2) is 0 Å². The van der Waals surface area contributed by atoms with Gasteiger partial charge < -0.3 is 4.74 Å². The monoisotopic (exact) mass is 376 g/mol. The number of nitrogens with one attached hydrogen (secondary N) is 1. The van der Waals surface area contributed by atoms with Crippen molar-refractivity contribution in [1.82, 2.24) is 4.72 Å². The van der Waals surface area contributed by atoms with Crippen molar-refractivity contribution in [2.45, 2.75) is 22.1 Å². The van der Waals surface area contributed by atoms with Crippen LogP contribution in [0.25, 0.3) is 0 Å². The van der Waals surface area contributed by atoms with Gasteiger partial charge in [0.1, 0.15) is 10.2 Å². The van der Waals surface area contributed by atoms with Crippen LogP contribution in [0.2, 0.25) is 0 Å². The maximum atomic E-state index is 11.9. The summed E-state index contributed by atoms with van der Waals surface area (Å²) in [4.78, 5) is 16.0. The van der Waals surface area contributed by atoms with Crippen LogP contribution in [0.3, 0.4) is 0 Å². The summed E-state index contributed by atoms with van der Waals surface area (Å²) in [6.07, 6.45) is 0.669. The predicted octanol–water partition coefficient (Wildman–Crippen LogP) is 1.85. The van der Waals surface area contributed by atoms with Crippen LogP contribution in [0.5, 0.6) is 0 Å². The summed E-state index contributed by atoms with van der Waals surface area (Å²) in [5.41, 5.74) is 0.507. The molecule has 1 aromatic carbocycles. The van der Waals surface area contributed by atoms with Crippen LogP contribution >= 0.6 is 23.2 Å². The summed E-state index contributed by atoms with van der Waals surface area (Å²) in [5.74, 6) is -0.190. The zero-order valence-electron chi connectivity index (χ0n) is 12.0. The Hall–Kier alpha value is -1.31. The fourth-order valence-electron chi connectivity index (χ4n) is 2.23. The van der Waals surface area contributed by atoms with Gasteiger partial charge >= 0.3 is 5.97 Å². The van der Waals surface area contributed by atoms with E-state index in [0.29, 0.717) is 12.0 Å². The first-order chi connectivity index (χ1) is 10.8. The minimum Gasteiger partial charge on any atom is -0.465 e. The topological polar surface area (TPSA) is 84.8 Å². The smallest absolute Gasteiger partial charge is 0.307 e. The molecular formula is C14H14Cl2N2O4S. The van der Waals surface area contributed by atoms with E-state index in [1.807, 2.05) is 0 Å². The average molecular weight is 377 g/mol. The highest BCUT2D eigenvalue weighted by Gasteiger charge is 2.52. The molecule has 0 spiro atoms. The maximum Gasteiger partial charge on any atom is 0.307 e. The minimum absolute atomic E-state index is 0.0189. The van der Waals surface area contributed by atoms with Crippen molar-refractivity contribution in [3.05, 3.63) is 29.8 Å². The fraction of sp³-hybridized carbons (Fsp3) is 0.429. The van der Waals surface area contributed by atoms with Crippen LogP contribution in [0.4, 0.5) is 0 Å². The predicted molar refractivity (Wildman–Crippen MR) is 86.3 cm³/mol. The number of benzene rings is 1. The van der Waals surface area contributed by atoms with Crippen LogP contribution in [-0.2, 0) is 19.6 Å². The summed E-state index contributed by atoms with van der Waals surface area (Å²) < 4.78 is 30.5. The van der Waals surface area contributed by atoms with Gasteiger partial charge in [-0.05, 0) is 18.6 Å². The van der Waals surface area contributed by atoms with E-state index in [1.54, 1.807) is 18.2 Å². The number of hydrogen-bond donors (Lipinski definition) is 1. The lowest BCUT2D eigenvalue weighted by Gasteiger charge is -2.04. The summed E-state index contributed by atoms with van der Waals surface area (Å²) in [5, 5.41) is 0.